The summed E-state index contributed by atoms with van der Waals surface area (Å²) in [6.45, 7) is 2.51. The third kappa shape index (κ3) is 4.42. The first-order chi connectivity index (χ1) is 17.6. The van der Waals surface area contributed by atoms with Crippen LogP contribution in [0, 0.1) is 0 Å². The van der Waals surface area contributed by atoms with Gasteiger partial charge in [0.1, 0.15) is 12.6 Å². The molecule has 36 heavy (non-hydrogen) atoms. The molecule has 0 radical (unpaired) electrons. The van der Waals surface area contributed by atoms with E-state index in [4.69, 9.17) is 11.6 Å². The quantitative estimate of drug-likeness (QED) is 0.292. The van der Waals surface area contributed by atoms with E-state index >= 15 is 0 Å². The average Bonchev–Trinajstić information content (AvgIpc) is 3.40. The van der Waals surface area contributed by atoms with Gasteiger partial charge in [0.2, 0.25) is 5.91 Å². The summed E-state index contributed by atoms with van der Waals surface area (Å²) in [6.07, 6.45) is 3.73. The van der Waals surface area contributed by atoms with Crippen molar-refractivity contribution in [2.24, 2.45) is 0 Å². The topological polar surface area (TPSA) is 45.6 Å². The van der Waals surface area contributed by atoms with Crippen LogP contribution in [-0.4, -0.2) is 34.4 Å². The van der Waals surface area contributed by atoms with Gasteiger partial charge in [-0.15, -0.1) is 0 Å². The number of rotatable bonds is 7. The average molecular weight is 498 g/mol. The third-order valence-electron chi connectivity index (χ3n) is 6.60. The van der Waals surface area contributed by atoms with E-state index < -0.39 is 0 Å². The molecule has 182 valence electrons. The highest BCUT2D eigenvalue weighted by Crippen LogP contribution is 2.42. The van der Waals surface area contributed by atoms with E-state index in [1.165, 1.54) is 0 Å². The van der Waals surface area contributed by atoms with Gasteiger partial charge in [-0.25, -0.2) is 0 Å². The molecule has 1 atom stereocenters. The van der Waals surface area contributed by atoms with Gasteiger partial charge >= 0.3 is 0 Å². The SMILES string of the molecule is CCCCN(CC(=O)N1c2ccccc2-n2cccc2C1c1ccccc1)C(=O)c1ccccc1Cl. The highest BCUT2D eigenvalue weighted by atomic mass is 35.5. The number of amides is 2. The van der Waals surface area contributed by atoms with Crippen molar-refractivity contribution in [2.75, 3.05) is 18.0 Å². The maximum absolute atomic E-state index is 14.2. The molecular weight excluding hydrogens is 470 g/mol. The molecule has 3 aromatic carbocycles. The van der Waals surface area contributed by atoms with Crippen LogP contribution in [0.2, 0.25) is 5.02 Å². The van der Waals surface area contributed by atoms with Crippen molar-refractivity contribution in [3.63, 3.8) is 0 Å². The lowest BCUT2D eigenvalue weighted by atomic mass is 9.97. The molecule has 1 aliphatic rings. The van der Waals surface area contributed by atoms with Crippen molar-refractivity contribution in [1.82, 2.24) is 9.47 Å². The second-order valence-corrected chi connectivity index (χ2v) is 9.34. The zero-order valence-corrected chi connectivity index (χ0v) is 20.9. The minimum atomic E-state index is -0.313. The number of hydrogen-bond acceptors (Lipinski definition) is 2. The lowest BCUT2D eigenvalue weighted by Gasteiger charge is -2.39. The number of benzene rings is 3. The number of fused-ring (bicyclic) bond motifs is 3. The van der Waals surface area contributed by atoms with Gasteiger partial charge in [-0.05, 0) is 48.4 Å². The molecule has 1 aliphatic heterocycles. The molecule has 0 bridgehead atoms. The van der Waals surface area contributed by atoms with Gasteiger partial charge < -0.3 is 9.47 Å². The summed E-state index contributed by atoms with van der Waals surface area (Å²) < 4.78 is 2.14. The van der Waals surface area contributed by atoms with Crippen LogP contribution in [-0.2, 0) is 4.79 Å². The fourth-order valence-electron chi connectivity index (χ4n) is 4.86. The molecule has 5 rings (SSSR count). The molecule has 2 amide bonds. The van der Waals surface area contributed by atoms with E-state index in [1.54, 1.807) is 29.2 Å². The number of aromatic nitrogens is 1. The third-order valence-corrected chi connectivity index (χ3v) is 6.93. The van der Waals surface area contributed by atoms with Crippen molar-refractivity contribution in [2.45, 2.75) is 25.8 Å². The number of carbonyl (C=O) groups is 2. The highest BCUT2D eigenvalue weighted by molar-refractivity contribution is 6.33. The summed E-state index contributed by atoms with van der Waals surface area (Å²) in [4.78, 5) is 31.1. The molecule has 1 aromatic heterocycles. The van der Waals surface area contributed by atoms with E-state index in [2.05, 4.69) is 17.6 Å². The predicted molar refractivity (Wildman–Crippen MR) is 144 cm³/mol. The molecule has 0 fully saturated rings. The van der Waals surface area contributed by atoms with E-state index in [1.807, 2.05) is 71.8 Å². The summed E-state index contributed by atoms with van der Waals surface area (Å²) in [6, 6.07) is 28.7. The minimum Gasteiger partial charge on any atom is -0.329 e. The Morgan fingerprint density at radius 1 is 0.861 bits per heavy atom. The molecular formula is C30H28ClN3O2. The van der Waals surface area contributed by atoms with Crippen molar-refractivity contribution in [3.05, 3.63) is 119 Å². The van der Waals surface area contributed by atoms with Crippen LogP contribution in [0.1, 0.15) is 47.4 Å². The first-order valence-corrected chi connectivity index (χ1v) is 12.7. The molecule has 4 aromatic rings. The maximum Gasteiger partial charge on any atom is 0.255 e. The van der Waals surface area contributed by atoms with Crippen LogP contribution in [0.5, 0.6) is 0 Å². The number of anilines is 1. The van der Waals surface area contributed by atoms with E-state index in [-0.39, 0.29) is 24.4 Å². The van der Waals surface area contributed by atoms with Gasteiger partial charge in [0, 0.05) is 12.7 Å². The largest absolute Gasteiger partial charge is 0.329 e. The highest BCUT2D eigenvalue weighted by Gasteiger charge is 2.37. The van der Waals surface area contributed by atoms with Crippen LogP contribution < -0.4 is 4.90 Å². The maximum atomic E-state index is 14.2. The summed E-state index contributed by atoms with van der Waals surface area (Å²) in [5.74, 6) is -0.368. The van der Waals surface area contributed by atoms with Gasteiger partial charge in [0.05, 0.1) is 27.7 Å². The Bertz CT molecular complexity index is 1380. The smallest absolute Gasteiger partial charge is 0.255 e. The summed E-state index contributed by atoms with van der Waals surface area (Å²) in [5, 5.41) is 0.389. The lowest BCUT2D eigenvalue weighted by Crippen LogP contribution is -2.47. The minimum absolute atomic E-state index is 0.0393. The molecule has 0 saturated carbocycles. The first kappa shape index (κ1) is 23.9. The van der Waals surface area contributed by atoms with Gasteiger partial charge in [0.25, 0.3) is 5.91 Å². The van der Waals surface area contributed by atoms with E-state index in [0.717, 1.165) is 35.5 Å². The molecule has 0 N–H and O–H groups in total. The summed E-state index contributed by atoms with van der Waals surface area (Å²) in [5.41, 5.74) is 4.19. The second kappa shape index (κ2) is 10.4. The number of hydrogen-bond donors (Lipinski definition) is 0. The van der Waals surface area contributed by atoms with E-state index in [0.29, 0.717) is 17.1 Å². The number of unbranched alkanes of at least 4 members (excludes halogenated alkanes) is 1. The molecule has 1 unspecified atom stereocenters. The van der Waals surface area contributed by atoms with Gasteiger partial charge in [-0.3, -0.25) is 14.5 Å². The molecule has 2 heterocycles. The Labute approximate surface area is 216 Å². The number of nitrogens with zero attached hydrogens (tertiary/aromatic N) is 3. The Morgan fingerprint density at radius 2 is 1.56 bits per heavy atom. The van der Waals surface area contributed by atoms with Crippen LogP contribution in [0.3, 0.4) is 0 Å². The molecule has 0 aliphatic carbocycles. The van der Waals surface area contributed by atoms with Crippen molar-refractivity contribution in [1.29, 1.82) is 0 Å². The van der Waals surface area contributed by atoms with E-state index in [9.17, 15) is 9.59 Å². The Balaban J connectivity index is 1.55. The standard InChI is InChI=1S/C30H28ClN3O2/c1-2-3-19-32(30(36)23-14-7-8-15-24(23)31)21-28(35)34-26-17-10-9-16-25(26)33-20-11-18-27(33)29(34)22-12-5-4-6-13-22/h4-18,20,29H,2-3,19,21H2,1H3. The molecule has 0 spiro atoms. The first-order valence-electron chi connectivity index (χ1n) is 12.3. The molecule has 5 nitrogen and oxygen atoms in total. The number of halogens is 1. The van der Waals surface area contributed by atoms with Gasteiger partial charge in [-0.1, -0.05) is 79.5 Å². The zero-order valence-electron chi connectivity index (χ0n) is 20.2. The van der Waals surface area contributed by atoms with Crippen LogP contribution in [0.15, 0.2) is 97.2 Å². The predicted octanol–water partition coefficient (Wildman–Crippen LogP) is 6.51. The fraction of sp³-hybridized carbons (Fsp3) is 0.200. The fourth-order valence-corrected chi connectivity index (χ4v) is 5.08. The number of para-hydroxylation sites is 2. The molecule has 0 saturated heterocycles. The number of carbonyl (C=O) groups excluding carboxylic acids is 2. The Kier molecular flexibility index (Phi) is 6.92. The van der Waals surface area contributed by atoms with Crippen LogP contribution in [0.4, 0.5) is 5.69 Å². The zero-order chi connectivity index (χ0) is 25.1. The lowest BCUT2D eigenvalue weighted by molar-refractivity contribution is -0.119. The summed E-state index contributed by atoms with van der Waals surface area (Å²) >= 11 is 6.35. The monoisotopic (exact) mass is 497 g/mol. The molecule has 6 heteroatoms. The Morgan fingerprint density at radius 3 is 2.31 bits per heavy atom. The summed E-state index contributed by atoms with van der Waals surface area (Å²) in [7, 11) is 0. The van der Waals surface area contributed by atoms with Crippen LogP contribution in [0.25, 0.3) is 5.69 Å². The van der Waals surface area contributed by atoms with Crippen molar-refractivity contribution >= 4 is 29.1 Å². The van der Waals surface area contributed by atoms with Crippen LogP contribution >= 0.6 is 11.6 Å². The normalized spacial score (nSPS) is 14.2. The van der Waals surface area contributed by atoms with Crippen molar-refractivity contribution in [3.8, 4) is 5.69 Å². The van der Waals surface area contributed by atoms with Gasteiger partial charge in [0.15, 0.2) is 0 Å². The second-order valence-electron chi connectivity index (χ2n) is 8.93. The Hall–Kier alpha value is -3.83. The van der Waals surface area contributed by atoms with Gasteiger partial charge in [-0.2, -0.15) is 0 Å². The van der Waals surface area contributed by atoms with Crippen molar-refractivity contribution < 1.29 is 9.59 Å².